The summed E-state index contributed by atoms with van der Waals surface area (Å²) in [5.74, 6) is 0.0798. The van der Waals surface area contributed by atoms with Crippen LogP contribution in [-0.2, 0) is 21.5 Å². The molecule has 31 heavy (non-hydrogen) atoms. The molecular weight excluding hydrogens is 412 g/mol. The fourth-order valence-electron chi connectivity index (χ4n) is 4.25. The first-order valence-corrected chi connectivity index (χ1v) is 11.2. The van der Waals surface area contributed by atoms with Crippen LogP contribution in [0.3, 0.4) is 0 Å². The highest BCUT2D eigenvalue weighted by Crippen LogP contribution is 2.42. The third-order valence-corrected chi connectivity index (χ3v) is 6.72. The molecule has 1 amide bonds. The zero-order valence-corrected chi connectivity index (χ0v) is 19.8. The molecule has 1 aromatic heterocycles. The number of esters is 1. The first-order valence-electron chi connectivity index (χ1n) is 10.4. The van der Waals surface area contributed by atoms with E-state index in [0.717, 1.165) is 28.2 Å². The minimum absolute atomic E-state index is 0.0611. The minimum Gasteiger partial charge on any atom is -0.497 e. The summed E-state index contributed by atoms with van der Waals surface area (Å²) in [6.45, 7) is 10.7. The summed E-state index contributed by atoms with van der Waals surface area (Å²) >= 11 is 1.46. The summed E-state index contributed by atoms with van der Waals surface area (Å²) in [6, 6.07) is 7.42. The number of thiophene rings is 1. The zero-order valence-electron chi connectivity index (χ0n) is 19.0. The van der Waals surface area contributed by atoms with Gasteiger partial charge >= 0.3 is 5.97 Å². The zero-order chi connectivity index (χ0) is 22.8. The molecule has 0 saturated carbocycles. The van der Waals surface area contributed by atoms with Crippen molar-refractivity contribution in [2.75, 3.05) is 19.0 Å². The van der Waals surface area contributed by atoms with Gasteiger partial charge in [-0.1, -0.05) is 12.1 Å². The van der Waals surface area contributed by atoms with Gasteiger partial charge in [0.15, 0.2) is 0 Å². The largest absolute Gasteiger partial charge is 0.497 e. The fourth-order valence-corrected chi connectivity index (χ4v) is 5.53. The minimum atomic E-state index is -0.386. The Morgan fingerprint density at radius 2 is 1.87 bits per heavy atom. The number of benzene rings is 1. The van der Waals surface area contributed by atoms with Gasteiger partial charge in [0.2, 0.25) is 5.91 Å². The molecule has 0 saturated heterocycles. The lowest BCUT2D eigenvalue weighted by molar-refractivity contribution is -0.789. The maximum Gasteiger partial charge on any atom is 0.341 e. The van der Waals surface area contributed by atoms with Gasteiger partial charge < -0.3 is 20.1 Å². The summed E-state index contributed by atoms with van der Waals surface area (Å²) in [5.41, 5.74) is 2.08. The highest BCUT2D eigenvalue weighted by Gasteiger charge is 2.45. The van der Waals surface area contributed by atoms with E-state index in [4.69, 9.17) is 9.47 Å². The summed E-state index contributed by atoms with van der Waals surface area (Å²) in [5, 5.41) is 5.79. The van der Waals surface area contributed by atoms with Crippen molar-refractivity contribution in [1.82, 2.24) is 0 Å². The van der Waals surface area contributed by atoms with Crippen LogP contribution in [0.1, 0.15) is 61.0 Å². The Kier molecular flexibility index (Phi) is 6.57. The van der Waals surface area contributed by atoms with Gasteiger partial charge in [0.1, 0.15) is 16.3 Å². The van der Waals surface area contributed by atoms with Gasteiger partial charge in [-0.15, -0.1) is 11.3 Å². The number of methoxy groups -OCH3 is 1. The smallest absolute Gasteiger partial charge is 0.341 e. The van der Waals surface area contributed by atoms with Crippen LogP contribution < -0.4 is 15.4 Å². The summed E-state index contributed by atoms with van der Waals surface area (Å²) in [4.78, 5) is 26.6. The van der Waals surface area contributed by atoms with E-state index in [1.165, 1.54) is 17.4 Å². The molecule has 0 aliphatic carbocycles. The Balaban J connectivity index is 1.91. The second-order valence-corrected chi connectivity index (χ2v) is 9.98. The molecule has 166 valence electrons. The van der Waals surface area contributed by atoms with Crippen molar-refractivity contribution in [3.8, 4) is 5.75 Å². The highest BCUT2D eigenvalue weighted by atomic mass is 32.1. The number of ether oxygens (including phenoxy) is 2. The molecule has 6 nitrogen and oxygen atoms in total. The second kappa shape index (κ2) is 8.85. The number of nitrogens with one attached hydrogen (secondary N) is 1. The van der Waals surface area contributed by atoms with E-state index in [-0.39, 0.29) is 29.6 Å². The first-order chi connectivity index (χ1) is 14.6. The molecule has 7 heteroatoms. The number of carbonyl (C=O) groups excluding carboxylic acids is 2. The van der Waals surface area contributed by atoms with Gasteiger partial charge in [-0.3, -0.25) is 4.79 Å². The van der Waals surface area contributed by atoms with Crippen molar-refractivity contribution < 1.29 is 24.4 Å². The van der Waals surface area contributed by atoms with E-state index in [9.17, 15) is 9.59 Å². The Morgan fingerprint density at radius 3 is 2.48 bits per heavy atom. The van der Waals surface area contributed by atoms with Crippen molar-refractivity contribution >= 4 is 34.3 Å². The standard InChI is InChI=1S/C24H30N2O4S/c1-7-30-22(28)19-17-14-23(2,3)26-24(4,5)20(17)31-21(19)25-18(27)13-10-15-8-11-16(29-6)12-9-15/h8-13,26H,7,14H2,1-6H3,(H,25,27)/p+1/b13-10+. The Hall–Kier alpha value is -2.64. The molecule has 2 heterocycles. The molecule has 0 fully saturated rings. The topological polar surface area (TPSA) is 81.2 Å². The molecule has 1 aliphatic rings. The number of amides is 1. The molecule has 3 rings (SSSR count). The van der Waals surface area contributed by atoms with Gasteiger partial charge in [0, 0.05) is 12.5 Å². The van der Waals surface area contributed by atoms with Crippen molar-refractivity contribution in [1.29, 1.82) is 0 Å². The Bertz CT molecular complexity index is 1000. The SMILES string of the molecule is CCOC(=O)c1c(NC(=O)/C=C/c2ccc(OC)cc2)sc2c1CC(C)(C)[NH2+]C2(C)C. The maximum absolute atomic E-state index is 12.8. The average molecular weight is 444 g/mol. The third kappa shape index (κ3) is 5.17. The number of carbonyl (C=O) groups is 2. The molecular formula is C24H31N2O4S+. The lowest BCUT2D eigenvalue weighted by Crippen LogP contribution is -3.03. The van der Waals surface area contributed by atoms with Crippen LogP contribution in [0.4, 0.5) is 5.00 Å². The molecule has 3 N–H and O–H groups in total. The summed E-state index contributed by atoms with van der Waals surface area (Å²) < 4.78 is 10.5. The summed E-state index contributed by atoms with van der Waals surface area (Å²) in [7, 11) is 1.61. The molecule has 2 aromatic rings. The van der Waals surface area contributed by atoms with Gasteiger partial charge in [-0.25, -0.2) is 4.79 Å². The number of rotatable bonds is 6. The molecule has 0 radical (unpaired) electrons. The number of nitrogens with two attached hydrogens (primary N) is 1. The van der Waals surface area contributed by atoms with E-state index in [1.807, 2.05) is 24.3 Å². The monoisotopic (exact) mass is 443 g/mol. The predicted octanol–water partition coefficient (Wildman–Crippen LogP) is 3.72. The maximum atomic E-state index is 12.8. The number of anilines is 1. The van der Waals surface area contributed by atoms with Gasteiger partial charge in [0.05, 0.1) is 29.7 Å². The van der Waals surface area contributed by atoms with Gasteiger partial charge in [-0.2, -0.15) is 0 Å². The highest BCUT2D eigenvalue weighted by molar-refractivity contribution is 7.17. The number of fused-ring (bicyclic) bond motifs is 1. The molecule has 1 aromatic carbocycles. The van der Waals surface area contributed by atoms with Crippen LogP contribution in [0, 0.1) is 0 Å². The molecule has 0 bridgehead atoms. The van der Waals surface area contributed by atoms with E-state index in [1.54, 1.807) is 20.1 Å². The predicted molar refractivity (Wildman–Crippen MR) is 124 cm³/mol. The van der Waals surface area contributed by atoms with Crippen molar-refractivity contribution in [2.45, 2.75) is 52.1 Å². The summed E-state index contributed by atoms with van der Waals surface area (Å²) in [6.07, 6.45) is 3.93. The van der Waals surface area contributed by atoms with Crippen molar-refractivity contribution in [2.24, 2.45) is 0 Å². The lowest BCUT2D eigenvalue weighted by Gasteiger charge is -2.38. The third-order valence-electron chi connectivity index (χ3n) is 5.24. The molecule has 0 spiro atoms. The van der Waals surface area contributed by atoms with Crippen molar-refractivity contribution in [3.63, 3.8) is 0 Å². The number of hydrogen-bond donors (Lipinski definition) is 2. The molecule has 1 aliphatic heterocycles. The Labute approximate surface area is 187 Å². The normalized spacial score (nSPS) is 16.6. The molecule has 0 unspecified atom stereocenters. The van der Waals surface area contributed by atoms with Crippen LogP contribution in [-0.4, -0.2) is 31.1 Å². The van der Waals surface area contributed by atoms with Crippen LogP contribution in [0.25, 0.3) is 6.08 Å². The van der Waals surface area contributed by atoms with E-state index in [0.29, 0.717) is 10.6 Å². The first kappa shape index (κ1) is 23.0. The van der Waals surface area contributed by atoms with E-state index < -0.39 is 0 Å². The van der Waals surface area contributed by atoms with Crippen LogP contribution in [0.15, 0.2) is 30.3 Å². The molecule has 0 atom stereocenters. The second-order valence-electron chi connectivity index (χ2n) is 8.96. The van der Waals surface area contributed by atoms with Crippen LogP contribution in [0.5, 0.6) is 5.75 Å². The fraction of sp³-hybridized carbons (Fsp3) is 0.417. The number of quaternary nitrogens is 1. The average Bonchev–Trinajstić information content (AvgIpc) is 3.04. The van der Waals surface area contributed by atoms with Gasteiger partial charge in [-0.05, 0) is 64.0 Å². The number of hydrogen-bond acceptors (Lipinski definition) is 5. The van der Waals surface area contributed by atoms with Crippen molar-refractivity contribution in [3.05, 3.63) is 51.9 Å². The quantitative estimate of drug-likeness (QED) is 0.527. The van der Waals surface area contributed by atoms with Crippen LogP contribution in [0.2, 0.25) is 0 Å². The van der Waals surface area contributed by atoms with E-state index >= 15 is 0 Å². The Morgan fingerprint density at radius 1 is 1.19 bits per heavy atom. The van der Waals surface area contributed by atoms with Gasteiger partial charge in [0.25, 0.3) is 0 Å². The lowest BCUT2D eigenvalue weighted by atomic mass is 9.81. The van der Waals surface area contributed by atoms with Crippen LogP contribution >= 0.6 is 11.3 Å². The van der Waals surface area contributed by atoms with E-state index in [2.05, 4.69) is 38.3 Å².